The van der Waals surface area contributed by atoms with E-state index in [1.807, 2.05) is 6.07 Å². The lowest BCUT2D eigenvalue weighted by Crippen LogP contribution is -2.58. The maximum absolute atomic E-state index is 13.1. The standard InChI is InChI=1S/C21H20O7/c1-11-15(22)17(24)18(25)21(26-11)28-20-16(23)13-9-5-6-10-14(13)27-19(20)12-7-3-2-4-8-12/h2-11,15,17-18,21-22,24-25H,1H3/t11-,15-,17+,18+,21-/m0/s1. The first-order valence-corrected chi connectivity index (χ1v) is 8.95. The van der Waals surface area contributed by atoms with E-state index in [0.29, 0.717) is 16.5 Å². The zero-order valence-corrected chi connectivity index (χ0v) is 15.1. The van der Waals surface area contributed by atoms with E-state index >= 15 is 0 Å². The van der Waals surface area contributed by atoms with Gasteiger partial charge in [0, 0.05) is 5.56 Å². The highest BCUT2D eigenvalue weighted by Gasteiger charge is 2.43. The number of hydrogen-bond donors (Lipinski definition) is 3. The Labute approximate surface area is 160 Å². The molecular formula is C21H20O7. The van der Waals surface area contributed by atoms with E-state index in [0.717, 1.165) is 0 Å². The van der Waals surface area contributed by atoms with Gasteiger partial charge in [0.2, 0.25) is 17.5 Å². The minimum atomic E-state index is -1.54. The van der Waals surface area contributed by atoms with Crippen LogP contribution in [0.4, 0.5) is 0 Å². The average Bonchev–Trinajstić information content (AvgIpc) is 2.72. The van der Waals surface area contributed by atoms with Crippen molar-refractivity contribution in [2.45, 2.75) is 37.6 Å². The van der Waals surface area contributed by atoms with Gasteiger partial charge in [-0.25, -0.2) is 0 Å². The molecule has 1 fully saturated rings. The summed E-state index contributed by atoms with van der Waals surface area (Å²) in [6, 6.07) is 15.7. The van der Waals surface area contributed by atoms with E-state index in [4.69, 9.17) is 13.9 Å². The molecule has 7 nitrogen and oxygen atoms in total. The topological polar surface area (TPSA) is 109 Å². The maximum atomic E-state index is 13.1. The van der Waals surface area contributed by atoms with Gasteiger partial charge in [-0.2, -0.15) is 0 Å². The molecule has 0 saturated carbocycles. The van der Waals surface area contributed by atoms with Crippen LogP contribution in [0.25, 0.3) is 22.3 Å². The molecule has 28 heavy (non-hydrogen) atoms. The van der Waals surface area contributed by atoms with Gasteiger partial charge in [-0.3, -0.25) is 4.79 Å². The van der Waals surface area contributed by atoms with Gasteiger partial charge in [-0.15, -0.1) is 0 Å². The van der Waals surface area contributed by atoms with E-state index in [-0.39, 0.29) is 11.5 Å². The lowest BCUT2D eigenvalue weighted by atomic mass is 10.00. The lowest BCUT2D eigenvalue weighted by molar-refractivity contribution is -0.268. The fourth-order valence-corrected chi connectivity index (χ4v) is 3.24. The van der Waals surface area contributed by atoms with Crippen LogP contribution < -0.4 is 10.2 Å². The van der Waals surface area contributed by atoms with Gasteiger partial charge in [0.1, 0.15) is 23.9 Å². The Hall–Kier alpha value is -2.71. The molecule has 1 aromatic heterocycles. The van der Waals surface area contributed by atoms with Crippen LogP contribution in [0, 0.1) is 0 Å². The van der Waals surface area contributed by atoms with E-state index in [1.165, 1.54) is 6.92 Å². The molecule has 0 amide bonds. The van der Waals surface area contributed by atoms with Crippen molar-refractivity contribution in [1.29, 1.82) is 0 Å². The molecule has 146 valence electrons. The molecule has 0 bridgehead atoms. The number of fused-ring (bicyclic) bond motifs is 1. The Morgan fingerprint density at radius 1 is 0.893 bits per heavy atom. The second-order valence-electron chi connectivity index (χ2n) is 6.75. The van der Waals surface area contributed by atoms with Gasteiger partial charge >= 0.3 is 0 Å². The van der Waals surface area contributed by atoms with Crippen LogP contribution in [-0.4, -0.2) is 46.0 Å². The summed E-state index contributed by atoms with van der Waals surface area (Å²) in [4.78, 5) is 13.1. The van der Waals surface area contributed by atoms with Gasteiger partial charge in [0.15, 0.2) is 5.76 Å². The van der Waals surface area contributed by atoms with Crippen LogP contribution in [0.3, 0.4) is 0 Å². The third kappa shape index (κ3) is 3.18. The molecule has 3 aromatic rings. The van der Waals surface area contributed by atoms with Gasteiger partial charge < -0.3 is 29.2 Å². The first-order valence-electron chi connectivity index (χ1n) is 8.95. The molecule has 1 aliphatic heterocycles. The molecule has 1 aliphatic rings. The second-order valence-corrected chi connectivity index (χ2v) is 6.75. The molecule has 0 unspecified atom stereocenters. The van der Waals surface area contributed by atoms with Gasteiger partial charge in [0.25, 0.3) is 0 Å². The fourth-order valence-electron chi connectivity index (χ4n) is 3.24. The number of aliphatic hydroxyl groups excluding tert-OH is 3. The van der Waals surface area contributed by atoms with Gasteiger partial charge in [-0.1, -0.05) is 42.5 Å². The summed E-state index contributed by atoms with van der Waals surface area (Å²) >= 11 is 0. The summed E-state index contributed by atoms with van der Waals surface area (Å²) in [6.45, 7) is 1.54. The molecule has 1 saturated heterocycles. The van der Waals surface area contributed by atoms with Gasteiger partial charge in [0.05, 0.1) is 11.5 Å². The van der Waals surface area contributed by atoms with Crippen molar-refractivity contribution in [2.24, 2.45) is 0 Å². The number of hydrogen-bond acceptors (Lipinski definition) is 7. The monoisotopic (exact) mass is 384 g/mol. The lowest BCUT2D eigenvalue weighted by Gasteiger charge is -2.38. The van der Waals surface area contributed by atoms with Crippen molar-refractivity contribution in [2.75, 3.05) is 0 Å². The van der Waals surface area contributed by atoms with Crippen molar-refractivity contribution >= 4 is 11.0 Å². The number of benzene rings is 2. The third-order valence-corrected chi connectivity index (χ3v) is 4.83. The predicted octanol–water partition coefficient (Wildman–Crippen LogP) is 1.67. The quantitative estimate of drug-likeness (QED) is 0.630. The summed E-state index contributed by atoms with van der Waals surface area (Å²) in [7, 11) is 0. The zero-order chi connectivity index (χ0) is 19.8. The smallest absolute Gasteiger partial charge is 0.235 e. The zero-order valence-electron chi connectivity index (χ0n) is 15.1. The first-order chi connectivity index (χ1) is 13.5. The molecule has 3 N–H and O–H groups in total. The number of aliphatic hydroxyl groups is 3. The largest absolute Gasteiger partial charge is 0.454 e. The van der Waals surface area contributed by atoms with E-state index in [9.17, 15) is 20.1 Å². The highest BCUT2D eigenvalue weighted by molar-refractivity contribution is 5.81. The average molecular weight is 384 g/mol. The van der Waals surface area contributed by atoms with Gasteiger partial charge in [-0.05, 0) is 19.1 Å². The molecule has 2 aromatic carbocycles. The molecule has 5 atom stereocenters. The molecule has 0 spiro atoms. The summed E-state index contributed by atoms with van der Waals surface area (Å²) in [5.74, 6) is 0.0538. The Morgan fingerprint density at radius 2 is 1.57 bits per heavy atom. The Kier molecular flexibility index (Phi) is 4.91. The van der Waals surface area contributed by atoms with E-state index < -0.39 is 36.1 Å². The Morgan fingerprint density at radius 3 is 2.32 bits per heavy atom. The van der Waals surface area contributed by atoms with Crippen molar-refractivity contribution < 1.29 is 29.2 Å². The van der Waals surface area contributed by atoms with Crippen LogP contribution in [-0.2, 0) is 4.74 Å². The third-order valence-electron chi connectivity index (χ3n) is 4.83. The van der Waals surface area contributed by atoms with Crippen molar-refractivity contribution in [1.82, 2.24) is 0 Å². The predicted molar refractivity (Wildman–Crippen MR) is 101 cm³/mol. The maximum Gasteiger partial charge on any atom is 0.235 e. The number of para-hydroxylation sites is 1. The SMILES string of the molecule is C[C@@H]1O[C@@H](Oc2c(-c3ccccc3)oc3ccccc3c2=O)[C@H](O)[C@H](O)[C@H]1O. The first kappa shape index (κ1) is 18.6. The summed E-state index contributed by atoms with van der Waals surface area (Å²) in [6.07, 6.45) is -6.42. The van der Waals surface area contributed by atoms with Crippen LogP contribution in [0.5, 0.6) is 5.75 Å². The fraction of sp³-hybridized carbons (Fsp3) is 0.286. The normalized spacial score (nSPS) is 27.6. The second kappa shape index (κ2) is 7.37. The van der Waals surface area contributed by atoms with Crippen molar-refractivity contribution in [3.63, 3.8) is 0 Å². The van der Waals surface area contributed by atoms with Crippen LogP contribution >= 0.6 is 0 Å². The van der Waals surface area contributed by atoms with E-state index in [2.05, 4.69) is 0 Å². The number of ether oxygens (including phenoxy) is 2. The molecule has 2 heterocycles. The minimum absolute atomic E-state index is 0.135. The van der Waals surface area contributed by atoms with Crippen molar-refractivity contribution in [3.05, 3.63) is 64.8 Å². The molecule has 4 rings (SSSR count). The molecule has 0 aliphatic carbocycles. The summed E-state index contributed by atoms with van der Waals surface area (Å²) in [5, 5.41) is 30.5. The Balaban J connectivity index is 1.83. The molecular weight excluding hydrogens is 364 g/mol. The minimum Gasteiger partial charge on any atom is -0.454 e. The van der Waals surface area contributed by atoms with Crippen LogP contribution in [0.1, 0.15) is 6.92 Å². The highest BCUT2D eigenvalue weighted by Crippen LogP contribution is 2.33. The van der Waals surface area contributed by atoms with Crippen LogP contribution in [0.2, 0.25) is 0 Å². The summed E-state index contributed by atoms with van der Waals surface area (Å²) < 4.78 is 17.1. The highest BCUT2D eigenvalue weighted by atomic mass is 16.7. The van der Waals surface area contributed by atoms with Crippen LogP contribution in [0.15, 0.2) is 63.8 Å². The molecule has 0 radical (unpaired) electrons. The Bertz CT molecular complexity index is 1030. The van der Waals surface area contributed by atoms with E-state index in [1.54, 1.807) is 48.5 Å². The molecule has 7 heteroatoms. The van der Waals surface area contributed by atoms with Crippen molar-refractivity contribution in [3.8, 4) is 17.1 Å². The summed E-state index contributed by atoms with van der Waals surface area (Å²) in [5.41, 5.74) is 0.580. The number of rotatable bonds is 3.